The molecule has 1 aromatic carbocycles. The molecule has 0 saturated heterocycles. The van der Waals surface area contributed by atoms with Crippen LogP contribution < -0.4 is 11.1 Å². The predicted molar refractivity (Wildman–Crippen MR) is 151 cm³/mol. The number of nitrogens with zero attached hydrogens (tertiary/aromatic N) is 1. The van der Waals surface area contributed by atoms with E-state index in [1.165, 1.54) is 12.0 Å². The first-order chi connectivity index (χ1) is 19.7. The summed E-state index contributed by atoms with van der Waals surface area (Å²) in [7, 11) is 4.44. The number of fused-ring (bicyclic) bond motifs is 3. The highest BCUT2D eigenvalue weighted by atomic mass is 16.5. The molecule has 42 heavy (non-hydrogen) atoms. The molecule has 0 heterocycles. The number of hydrogen-bond acceptors (Lipinski definition) is 11. The van der Waals surface area contributed by atoms with Crippen LogP contribution in [0.3, 0.4) is 0 Å². The molecule has 3 aliphatic carbocycles. The Labute approximate surface area is 243 Å². The van der Waals surface area contributed by atoms with Crippen molar-refractivity contribution in [3.05, 3.63) is 45.2 Å². The zero-order valence-electron chi connectivity index (χ0n) is 24.5. The maximum absolute atomic E-state index is 14.1. The minimum absolute atomic E-state index is 0.0149. The Kier molecular flexibility index (Phi) is 8.55. The maximum atomic E-state index is 14.1. The smallest absolute Gasteiger partial charge is 0.305 e. The standard InChI is InChI=1S/C30H39N3O9/c1-13(2)16-10-15(12-32-8-6-7-19(34)42-5)24(35)21-17(16)9-14-11-18-23(33(3)4)26(37)22(29(31)40)28(39)30(18,41)27(38)20(14)25(21)36/h10,13-14,18,23,32,35-36,39,41H,6-9,11-12H2,1-5H3,(H2,31,40)/t14-,18-,23-,30-/m0/s1. The average molecular weight is 586 g/mol. The Hall–Kier alpha value is -3.74. The van der Waals surface area contributed by atoms with E-state index in [4.69, 9.17) is 5.73 Å². The minimum Gasteiger partial charge on any atom is -0.508 e. The second-order valence-corrected chi connectivity index (χ2v) is 11.8. The first-order valence-corrected chi connectivity index (χ1v) is 14.0. The van der Waals surface area contributed by atoms with Gasteiger partial charge in [-0.15, -0.1) is 0 Å². The van der Waals surface area contributed by atoms with E-state index in [1.54, 1.807) is 14.1 Å². The second kappa shape index (κ2) is 11.5. The summed E-state index contributed by atoms with van der Waals surface area (Å²) in [5, 5.41) is 48.9. The topological polar surface area (TPSA) is 200 Å². The lowest BCUT2D eigenvalue weighted by atomic mass is 9.57. The molecule has 4 rings (SSSR count). The van der Waals surface area contributed by atoms with Crippen LogP contribution in [0.15, 0.2) is 23.0 Å². The molecule has 7 N–H and O–H groups in total. The van der Waals surface area contributed by atoms with Crippen molar-refractivity contribution in [1.82, 2.24) is 10.2 Å². The van der Waals surface area contributed by atoms with Gasteiger partial charge in [-0.05, 0) is 62.9 Å². The molecule has 1 aromatic rings. The number of carbonyl (C=O) groups is 4. The largest absolute Gasteiger partial charge is 0.508 e. The van der Waals surface area contributed by atoms with Crippen LogP contribution in [0, 0.1) is 11.8 Å². The number of likely N-dealkylation sites (N-methyl/N-ethyl adjacent to an activating group) is 1. The van der Waals surface area contributed by atoms with Crippen LogP contribution in [-0.4, -0.2) is 88.2 Å². The van der Waals surface area contributed by atoms with E-state index in [1.807, 2.05) is 19.9 Å². The van der Waals surface area contributed by atoms with Crippen molar-refractivity contribution in [2.45, 2.75) is 63.6 Å². The summed E-state index contributed by atoms with van der Waals surface area (Å²) in [6.45, 7) is 4.61. The molecular weight excluding hydrogens is 546 g/mol. The number of esters is 1. The number of Topliss-reactive ketones (excluding diaryl/α,β-unsaturated/α-hetero) is 2. The van der Waals surface area contributed by atoms with Gasteiger partial charge in [0.2, 0.25) is 5.78 Å². The molecule has 3 aliphatic rings. The number of nitrogens with two attached hydrogens (primary N) is 1. The monoisotopic (exact) mass is 585 g/mol. The van der Waals surface area contributed by atoms with Crippen LogP contribution in [0.5, 0.6) is 5.75 Å². The molecule has 1 amide bonds. The van der Waals surface area contributed by atoms with Gasteiger partial charge in [0.1, 0.15) is 22.8 Å². The van der Waals surface area contributed by atoms with Crippen molar-refractivity contribution in [3.8, 4) is 5.75 Å². The maximum Gasteiger partial charge on any atom is 0.305 e. The third-order valence-electron chi connectivity index (χ3n) is 8.73. The van der Waals surface area contributed by atoms with Crippen LogP contribution in [-0.2, 0) is 36.9 Å². The summed E-state index contributed by atoms with van der Waals surface area (Å²) in [6.07, 6.45) is 1.02. The number of methoxy groups -OCH3 is 1. The van der Waals surface area contributed by atoms with Crippen LogP contribution in [0.4, 0.5) is 0 Å². The van der Waals surface area contributed by atoms with Gasteiger partial charge in [-0.3, -0.25) is 24.1 Å². The molecular formula is C30H39N3O9. The molecule has 0 unspecified atom stereocenters. The molecule has 0 aliphatic heterocycles. The molecule has 0 spiro atoms. The number of phenolic OH excluding ortho intramolecular Hbond substituents is 1. The van der Waals surface area contributed by atoms with Crippen LogP contribution >= 0.6 is 0 Å². The molecule has 4 atom stereocenters. The average Bonchev–Trinajstić information content (AvgIpc) is 2.90. The van der Waals surface area contributed by atoms with Gasteiger partial charge in [0.15, 0.2) is 11.4 Å². The van der Waals surface area contributed by atoms with E-state index < -0.39 is 58.0 Å². The fraction of sp³-hybridized carbons (Fsp3) is 0.533. The number of amides is 1. The minimum atomic E-state index is -2.68. The number of ether oxygens (including phenoxy) is 1. The zero-order valence-corrected chi connectivity index (χ0v) is 24.5. The van der Waals surface area contributed by atoms with Crippen LogP contribution in [0.2, 0.25) is 0 Å². The third kappa shape index (κ3) is 4.87. The summed E-state index contributed by atoms with van der Waals surface area (Å²) >= 11 is 0. The lowest BCUT2D eigenvalue weighted by molar-refractivity contribution is -0.153. The number of ketones is 2. The number of carbonyl (C=O) groups excluding carboxylic acids is 4. The van der Waals surface area contributed by atoms with E-state index in [-0.39, 0.29) is 54.6 Å². The van der Waals surface area contributed by atoms with Gasteiger partial charge >= 0.3 is 5.97 Å². The molecule has 228 valence electrons. The summed E-state index contributed by atoms with van der Waals surface area (Å²) in [5.74, 6) is -7.07. The summed E-state index contributed by atoms with van der Waals surface area (Å²) < 4.78 is 4.64. The second-order valence-electron chi connectivity index (χ2n) is 11.8. The Balaban J connectivity index is 1.81. The summed E-state index contributed by atoms with van der Waals surface area (Å²) in [5.41, 5.74) is 3.72. The Morgan fingerprint density at radius 3 is 2.45 bits per heavy atom. The van der Waals surface area contributed by atoms with Gasteiger partial charge in [0.25, 0.3) is 5.91 Å². The number of hydrogen-bond donors (Lipinski definition) is 6. The van der Waals surface area contributed by atoms with Crippen LogP contribution in [0.25, 0.3) is 5.76 Å². The van der Waals surface area contributed by atoms with E-state index in [2.05, 4.69) is 10.1 Å². The molecule has 12 heteroatoms. The van der Waals surface area contributed by atoms with Gasteiger partial charge in [-0.25, -0.2) is 0 Å². The normalized spacial score (nSPS) is 25.5. The highest BCUT2D eigenvalue weighted by Gasteiger charge is 2.64. The number of benzene rings is 1. The first kappa shape index (κ1) is 31.2. The van der Waals surface area contributed by atoms with Gasteiger partial charge < -0.3 is 36.2 Å². The summed E-state index contributed by atoms with van der Waals surface area (Å²) in [6, 6.07) is 0.722. The fourth-order valence-electron chi connectivity index (χ4n) is 6.73. The molecule has 0 aromatic heterocycles. The SMILES string of the molecule is COC(=O)CCCNCc1cc(C(C)C)c2c(c1O)C(O)=C1C(=O)[C@]3(O)C(O)=C(C(N)=O)C(=O)[C@@H](N(C)C)[C@@H]3C[C@@H]1C2. The van der Waals surface area contributed by atoms with Crippen molar-refractivity contribution >= 4 is 29.2 Å². The van der Waals surface area contributed by atoms with Crippen molar-refractivity contribution in [2.75, 3.05) is 27.7 Å². The lowest BCUT2D eigenvalue weighted by Crippen LogP contribution is -2.65. The number of aromatic hydroxyl groups is 1. The molecule has 12 nitrogen and oxygen atoms in total. The predicted octanol–water partition coefficient (Wildman–Crippen LogP) is 1.13. The Morgan fingerprint density at radius 2 is 1.88 bits per heavy atom. The quantitative estimate of drug-likeness (QED) is 0.138. The van der Waals surface area contributed by atoms with E-state index in [0.717, 1.165) is 5.56 Å². The number of primary amides is 1. The van der Waals surface area contributed by atoms with E-state index in [0.29, 0.717) is 24.1 Å². The highest BCUT2D eigenvalue weighted by Crippen LogP contribution is 2.53. The zero-order chi connectivity index (χ0) is 31.3. The van der Waals surface area contributed by atoms with Gasteiger partial charge in [0.05, 0.1) is 18.7 Å². The van der Waals surface area contributed by atoms with Gasteiger partial charge in [-0.2, -0.15) is 0 Å². The van der Waals surface area contributed by atoms with Crippen molar-refractivity contribution in [2.24, 2.45) is 17.6 Å². The summed E-state index contributed by atoms with van der Waals surface area (Å²) in [4.78, 5) is 52.3. The molecule has 1 saturated carbocycles. The number of aliphatic hydroxyl groups excluding tert-OH is 2. The van der Waals surface area contributed by atoms with Crippen molar-refractivity contribution in [3.63, 3.8) is 0 Å². The first-order valence-electron chi connectivity index (χ1n) is 14.0. The number of aliphatic hydroxyl groups is 3. The highest BCUT2D eigenvalue weighted by molar-refractivity contribution is 6.24. The van der Waals surface area contributed by atoms with Crippen LogP contribution in [0.1, 0.15) is 61.3 Å². The van der Waals surface area contributed by atoms with Crippen molar-refractivity contribution in [1.29, 1.82) is 0 Å². The molecule has 1 fully saturated rings. The van der Waals surface area contributed by atoms with E-state index in [9.17, 15) is 39.6 Å². The number of nitrogens with one attached hydrogen (secondary N) is 1. The Bertz CT molecular complexity index is 1410. The molecule has 0 bridgehead atoms. The number of rotatable bonds is 9. The Morgan fingerprint density at radius 1 is 1.21 bits per heavy atom. The third-order valence-corrected chi connectivity index (χ3v) is 8.73. The number of phenols is 1. The van der Waals surface area contributed by atoms with Crippen molar-refractivity contribution < 1.29 is 44.3 Å². The lowest BCUT2D eigenvalue weighted by Gasteiger charge is -2.50. The molecule has 0 radical (unpaired) electrons. The fourth-order valence-corrected chi connectivity index (χ4v) is 6.73. The van der Waals surface area contributed by atoms with Gasteiger partial charge in [0, 0.05) is 30.0 Å². The van der Waals surface area contributed by atoms with Gasteiger partial charge in [-0.1, -0.05) is 19.9 Å². The van der Waals surface area contributed by atoms with E-state index >= 15 is 0 Å².